The summed E-state index contributed by atoms with van der Waals surface area (Å²) in [7, 11) is 1.55. The standard InChI is InChI=1S/C18H20FNO3/c1-3-15(23-17-7-5-4-6-16(17)22-2)18(21)20-12-13-8-10-14(19)11-9-13/h4-11,15H,3,12H2,1-2H3,(H,20,21)/t15-/m1/s1. The number of rotatable bonds is 7. The van der Waals surface area contributed by atoms with Crippen LogP contribution in [0.3, 0.4) is 0 Å². The van der Waals surface area contributed by atoms with E-state index in [2.05, 4.69) is 5.32 Å². The minimum atomic E-state index is -0.619. The lowest BCUT2D eigenvalue weighted by atomic mass is 10.2. The van der Waals surface area contributed by atoms with Crippen LogP contribution in [0.4, 0.5) is 4.39 Å². The lowest BCUT2D eigenvalue weighted by molar-refractivity contribution is -0.128. The fourth-order valence-electron chi connectivity index (χ4n) is 2.10. The largest absolute Gasteiger partial charge is 0.493 e. The minimum absolute atomic E-state index is 0.220. The van der Waals surface area contributed by atoms with E-state index in [-0.39, 0.29) is 11.7 Å². The molecule has 0 radical (unpaired) electrons. The number of hydrogen-bond acceptors (Lipinski definition) is 3. The van der Waals surface area contributed by atoms with Gasteiger partial charge in [0.05, 0.1) is 7.11 Å². The van der Waals surface area contributed by atoms with Crippen molar-refractivity contribution in [3.63, 3.8) is 0 Å². The number of amides is 1. The van der Waals surface area contributed by atoms with Crippen LogP contribution in [0.15, 0.2) is 48.5 Å². The molecule has 5 heteroatoms. The van der Waals surface area contributed by atoms with E-state index in [1.165, 1.54) is 12.1 Å². The molecule has 1 atom stereocenters. The van der Waals surface area contributed by atoms with Gasteiger partial charge in [-0.05, 0) is 36.2 Å². The van der Waals surface area contributed by atoms with Crippen LogP contribution in [0.25, 0.3) is 0 Å². The fourth-order valence-corrected chi connectivity index (χ4v) is 2.10. The highest BCUT2D eigenvalue weighted by Crippen LogP contribution is 2.27. The first kappa shape index (κ1) is 16.8. The summed E-state index contributed by atoms with van der Waals surface area (Å²) in [4.78, 5) is 12.3. The topological polar surface area (TPSA) is 47.6 Å². The number of halogens is 1. The monoisotopic (exact) mass is 317 g/mol. The van der Waals surface area contributed by atoms with Crippen molar-refractivity contribution in [2.75, 3.05) is 7.11 Å². The zero-order chi connectivity index (χ0) is 16.7. The van der Waals surface area contributed by atoms with E-state index in [0.717, 1.165) is 5.56 Å². The molecule has 1 amide bonds. The molecular weight excluding hydrogens is 297 g/mol. The van der Waals surface area contributed by atoms with Crippen molar-refractivity contribution in [2.45, 2.75) is 26.0 Å². The third-order valence-electron chi connectivity index (χ3n) is 3.38. The van der Waals surface area contributed by atoms with Gasteiger partial charge < -0.3 is 14.8 Å². The van der Waals surface area contributed by atoms with E-state index in [4.69, 9.17) is 9.47 Å². The number of benzene rings is 2. The maximum absolute atomic E-state index is 12.9. The predicted molar refractivity (Wildman–Crippen MR) is 85.9 cm³/mol. The molecule has 23 heavy (non-hydrogen) atoms. The van der Waals surface area contributed by atoms with Crippen molar-refractivity contribution < 1.29 is 18.7 Å². The van der Waals surface area contributed by atoms with E-state index >= 15 is 0 Å². The lowest BCUT2D eigenvalue weighted by Crippen LogP contribution is -2.37. The molecule has 0 aliphatic rings. The fraction of sp³-hybridized carbons (Fsp3) is 0.278. The van der Waals surface area contributed by atoms with E-state index in [9.17, 15) is 9.18 Å². The SMILES string of the molecule is CC[C@@H](Oc1ccccc1OC)C(=O)NCc1ccc(F)cc1. The van der Waals surface area contributed by atoms with Gasteiger partial charge in [-0.3, -0.25) is 4.79 Å². The summed E-state index contributed by atoms with van der Waals surface area (Å²) >= 11 is 0. The average molecular weight is 317 g/mol. The predicted octanol–water partition coefficient (Wildman–Crippen LogP) is 3.31. The zero-order valence-electron chi connectivity index (χ0n) is 13.2. The van der Waals surface area contributed by atoms with Crippen LogP contribution in [0, 0.1) is 5.82 Å². The van der Waals surface area contributed by atoms with Crippen LogP contribution in [-0.4, -0.2) is 19.1 Å². The van der Waals surface area contributed by atoms with E-state index in [1.54, 1.807) is 31.4 Å². The number of methoxy groups -OCH3 is 1. The van der Waals surface area contributed by atoms with Gasteiger partial charge in [-0.2, -0.15) is 0 Å². The second-order valence-electron chi connectivity index (χ2n) is 5.01. The third kappa shape index (κ3) is 4.71. The average Bonchev–Trinajstić information content (AvgIpc) is 2.59. The molecule has 0 aromatic heterocycles. The molecule has 0 heterocycles. The first-order chi connectivity index (χ1) is 11.1. The Bertz CT molecular complexity index is 643. The van der Waals surface area contributed by atoms with Crippen LogP contribution in [0.5, 0.6) is 11.5 Å². The highest BCUT2D eigenvalue weighted by Gasteiger charge is 2.19. The highest BCUT2D eigenvalue weighted by atomic mass is 19.1. The molecule has 1 N–H and O–H groups in total. The van der Waals surface area contributed by atoms with Crippen molar-refractivity contribution in [2.24, 2.45) is 0 Å². The van der Waals surface area contributed by atoms with Gasteiger partial charge >= 0.3 is 0 Å². The first-order valence-corrected chi connectivity index (χ1v) is 7.46. The smallest absolute Gasteiger partial charge is 0.261 e. The summed E-state index contributed by atoms with van der Waals surface area (Å²) in [6.07, 6.45) is -0.0976. The Kier molecular flexibility index (Phi) is 5.97. The summed E-state index contributed by atoms with van der Waals surface area (Å²) in [5.74, 6) is 0.588. The van der Waals surface area contributed by atoms with Crippen LogP contribution >= 0.6 is 0 Å². The molecule has 0 saturated heterocycles. The van der Waals surface area contributed by atoms with E-state index < -0.39 is 6.10 Å². The molecule has 0 saturated carbocycles. The van der Waals surface area contributed by atoms with Crippen LogP contribution < -0.4 is 14.8 Å². The number of hydrogen-bond donors (Lipinski definition) is 1. The number of nitrogens with one attached hydrogen (secondary N) is 1. The molecule has 0 aliphatic carbocycles. The first-order valence-electron chi connectivity index (χ1n) is 7.46. The minimum Gasteiger partial charge on any atom is -0.493 e. The second kappa shape index (κ2) is 8.17. The van der Waals surface area contributed by atoms with Gasteiger partial charge in [-0.25, -0.2) is 4.39 Å². The molecule has 0 unspecified atom stereocenters. The Morgan fingerprint density at radius 1 is 1.13 bits per heavy atom. The van der Waals surface area contributed by atoms with Crippen molar-refractivity contribution >= 4 is 5.91 Å². The van der Waals surface area contributed by atoms with Crippen molar-refractivity contribution in [3.05, 3.63) is 59.9 Å². The molecule has 0 bridgehead atoms. The summed E-state index contributed by atoms with van der Waals surface area (Å²) in [6.45, 7) is 2.20. The van der Waals surface area contributed by atoms with Gasteiger partial charge in [0.2, 0.25) is 0 Å². The summed E-state index contributed by atoms with van der Waals surface area (Å²) in [5.41, 5.74) is 0.826. The number of carbonyl (C=O) groups excluding carboxylic acids is 1. The molecule has 2 aromatic rings. The summed E-state index contributed by atoms with van der Waals surface area (Å²) in [5, 5.41) is 2.80. The van der Waals surface area contributed by atoms with Crippen molar-refractivity contribution in [1.29, 1.82) is 0 Å². The van der Waals surface area contributed by atoms with E-state index in [1.807, 2.05) is 19.1 Å². The Morgan fingerprint density at radius 3 is 2.39 bits per heavy atom. The van der Waals surface area contributed by atoms with Gasteiger partial charge in [0, 0.05) is 6.54 Å². The summed E-state index contributed by atoms with van der Waals surface area (Å²) in [6, 6.07) is 13.2. The number of para-hydroxylation sites is 2. The van der Waals surface area contributed by atoms with Crippen LogP contribution in [0.2, 0.25) is 0 Å². The van der Waals surface area contributed by atoms with Crippen LogP contribution in [0.1, 0.15) is 18.9 Å². The summed E-state index contributed by atoms with van der Waals surface area (Å²) < 4.78 is 23.8. The normalized spacial score (nSPS) is 11.6. The van der Waals surface area contributed by atoms with Crippen LogP contribution in [-0.2, 0) is 11.3 Å². The molecule has 2 aromatic carbocycles. The van der Waals surface area contributed by atoms with Gasteiger partial charge in [-0.1, -0.05) is 31.2 Å². The second-order valence-corrected chi connectivity index (χ2v) is 5.01. The van der Waals surface area contributed by atoms with Crippen molar-refractivity contribution in [1.82, 2.24) is 5.32 Å². The Morgan fingerprint density at radius 2 is 1.78 bits per heavy atom. The van der Waals surface area contributed by atoms with Gasteiger partial charge in [0.15, 0.2) is 17.6 Å². The number of carbonyl (C=O) groups is 1. The van der Waals surface area contributed by atoms with E-state index in [0.29, 0.717) is 24.5 Å². The maximum atomic E-state index is 12.9. The quantitative estimate of drug-likeness (QED) is 0.852. The Balaban J connectivity index is 1.96. The number of ether oxygens (including phenoxy) is 2. The zero-order valence-corrected chi connectivity index (χ0v) is 13.2. The lowest BCUT2D eigenvalue weighted by Gasteiger charge is -2.18. The molecule has 2 rings (SSSR count). The molecule has 0 fully saturated rings. The Hall–Kier alpha value is -2.56. The van der Waals surface area contributed by atoms with Gasteiger partial charge in [0.1, 0.15) is 5.82 Å². The Labute approximate surface area is 135 Å². The van der Waals surface area contributed by atoms with Gasteiger partial charge in [0.25, 0.3) is 5.91 Å². The molecule has 4 nitrogen and oxygen atoms in total. The molecular formula is C18H20FNO3. The highest BCUT2D eigenvalue weighted by molar-refractivity contribution is 5.81. The maximum Gasteiger partial charge on any atom is 0.261 e. The molecule has 0 aliphatic heterocycles. The molecule has 122 valence electrons. The third-order valence-corrected chi connectivity index (χ3v) is 3.38. The van der Waals surface area contributed by atoms with Crippen molar-refractivity contribution in [3.8, 4) is 11.5 Å². The van der Waals surface area contributed by atoms with Gasteiger partial charge in [-0.15, -0.1) is 0 Å². The molecule has 0 spiro atoms.